The Morgan fingerprint density at radius 1 is 1.04 bits per heavy atom. The summed E-state index contributed by atoms with van der Waals surface area (Å²) >= 11 is 0. The number of phenolic OH excluding ortho intramolecular Hbond substituents is 1. The van der Waals surface area contributed by atoms with Gasteiger partial charge in [0, 0.05) is 12.0 Å². The molecule has 25 heavy (non-hydrogen) atoms. The fraction of sp³-hybridized carbons (Fsp3) is 0.421. The number of anilines is 1. The minimum absolute atomic E-state index is 0.0352. The summed E-state index contributed by atoms with van der Waals surface area (Å²) in [6, 6.07) is 11.6. The van der Waals surface area contributed by atoms with Crippen LogP contribution in [0.15, 0.2) is 36.4 Å². The van der Waals surface area contributed by atoms with E-state index in [-0.39, 0.29) is 11.7 Å². The third-order valence-corrected chi connectivity index (χ3v) is 5.02. The molecular formula is C19H23N5O. The Morgan fingerprint density at radius 3 is 2.56 bits per heavy atom. The molecule has 1 aliphatic rings. The number of hydrogen-bond donors (Lipinski definition) is 2. The summed E-state index contributed by atoms with van der Waals surface area (Å²) < 4.78 is 1.82. The van der Waals surface area contributed by atoms with E-state index in [1.165, 1.54) is 32.1 Å². The van der Waals surface area contributed by atoms with E-state index in [1.54, 1.807) is 12.1 Å². The van der Waals surface area contributed by atoms with Gasteiger partial charge >= 0.3 is 0 Å². The largest absolute Gasteiger partial charge is 0.508 e. The summed E-state index contributed by atoms with van der Waals surface area (Å²) in [4.78, 5) is 0. The molecule has 0 unspecified atom stereocenters. The maximum Gasteiger partial charge on any atom is 0.178 e. The number of benzene rings is 1. The molecule has 130 valence electrons. The average molecular weight is 337 g/mol. The Balaban J connectivity index is 1.62. The summed E-state index contributed by atoms with van der Waals surface area (Å²) in [6.45, 7) is 2.08. The number of hydrogen-bond acceptors (Lipinski definition) is 5. The van der Waals surface area contributed by atoms with Gasteiger partial charge in [-0.05, 0) is 42.7 Å². The summed E-state index contributed by atoms with van der Waals surface area (Å²) in [6.07, 6.45) is 6.33. The fourth-order valence-electron chi connectivity index (χ4n) is 3.52. The number of phenols is 1. The lowest BCUT2D eigenvalue weighted by Gasteiger charge is -2.23. The molecule has 6 heteroatoms. The second-order valence-corrected chi connectivity index (χ2v) is 6.84. The first-order valence-corrected chi connectivity index (χ1v) is 8.98. The molecule has 1 fully saturated rings. The van der Waals surface area contributed by atoms with E-state index in [4.69, 9.17) is 5.10 Å². The molecule has 2 N–H and O–H groups in total. The molecule has 0 amide bonds. The van der Waals surface area contributed by atoms with E-state index in [0.29, 0.717) is 6.04 Å². The second-order valence-electron chi connectivity index (χ2n) is 6.84. The van der Waals surface area contributed by atoms with Crippen molar-refractivity contribution in [2.24, 2.45) is 0 Å². The van der Waals surface area contributed by atoms with Crippen LogP contribution in [0, 0.1) is 0 Å². The zero-order valence-electron chi connectivity index (χ0n) is 14.4. The Hall–Kier alpha value is -2.63. The predicted octanol–water partition coefficient (Wildman–Crippen LogP) is 3.73. The van der Waals surface area contributed by atoms with Crippen LogP contribution in [0.1, 0.15) is 56.3 Å². The zero-order chi connectivity index (χ0) is 17.2. The topological polar surface area (TPSA) is 75.3 Å². The minimum Gasteiger partial charge on any atom is -0.508 e. The molecule has 0 aliphatic heterocycles. The first-order valence-electron chi connectivity index (χ1n) is 8.98. The van der Waals surface area contributed by atoms with Gasteiger partial charge in [0.05, 0.1) is 0 Å². The van der Waals surface area contributed by atoms with Crippen LogP contribution in [0.3, 0.4) is 0 Å². The Labute approximate surface area is 146 Å². The molecule has 4 rings (SSSR count). The third-order valence-electron chi connectivity index (χ3n) is 5.02. The number of nitrogens with one attached hydrogen (secondary N) is 1. The first kappa shape index (κ1) is 15.9. The lowest BCUT2D eigenvalue weighted by atomic mass is 9.95. The second kappa shape index (κ2) is 6.70. The summed E-state index contributed by atoms with van der Waals surface area (Å²) in [7, 11) is 0. The van der Waals surface area contributed by atoms with Crippen LogP contribution in [0.4, 0.5) is 5.82 Å². The summed E-state index contributed by atoms with van der Waals surface area (Å²) in [5.74, 6) is 1.97. The van der Waals surface area contributed by atoms with E-state index >= 15 is 0 Å². The van der Waals surface area contributed by atoms with E-state index in [9.17, 15) is 5.11 Å². The SMILES string of the molecule is C[C@@H](c1ccc(O)cc1)c1nnc2ccc(NC3CCCCC3)nn12. The minimum atomic E-state index is 0.0352. The van der Waals surface area contributed by atoms with Crippen LogP contribution >= 0.6 is 0 Å². The summed E-state index contributed by atoms with van der Waals surface area (Å²) in [5.41, 5.74) is 1.81. The van der Waals surface area contributed by atoms with Gasteiger partial charge in [-0.15, -0.1) is 15.3 Å². The third kappa shape index (κ3) is 3.29. The average Bonchev–Trinajstić information content (AvgIpc) is 3.06. The van der Waals surface area contributed by atoms with Gasteiger partial charge in [-0.3, -0.25) is 0 Å². The van der Waals surface area contributed by atoms with Crippen LogP contribution in [0.5, 0.6) is 5.75 Å². The van der Waals surface area contributed by atoms with Gasteiger partial charge < -0.3 is 10.4 Å². The number of rotatable bonds is 4. The van der Waals surface area contributed by atoms with Crippen LogP contribution in [-0.2, 0) is 0 Å². The molecule has 1 aromatic carbocycles. The van der Waals surface area contributed by atoms with Gasteiger partial charge in [0.2, 0.25) is 0 Å². The highest BCUT2D eigenvalue weighted by atomic mass is 16.3. The quantitative estimate of drug-likeness (QED) is 0.759. The van der Waals surface area contributed by atoms with Crippen molar-refractivity contribution in [1.82, 2.24) is 19.8 Å². The molecule has 2 aromatic heterocycles. The van der Waals surface area contributed by atoms with Gasteiger partial charge in [0.15, 0.2) is 11.5 Å². The molecular weight excluding hydrogens is 314 g/mol. The van der Waals surface area contributed by atoms with Crippen molar-refractivity contribution in [3.8, 4) is 5.75 Å². The van der Waals surface area contributed by atoms with Crippen LogP contribution in [-0.4, -0.2) is 31.0 Å². The first-order chi connectivity index (χ1) is 12.2. The van der Waals surface area contributed by atoms with Crippen LogP contribution < -0.4 is 5.32 Å². The van der Waals surface area contributed by atoms with E-state index in [0.717, 1.165) is 22.9 Å². The van der Waals surface area contributed by atoms with Gasteiger partial charge in [0.1, 0.15) is 11.6 Å². The molecule has 0 radical (unpaired) electrons. The highest BCUT2D eigenvalue weighted by Crippen LogP contribution is 2.25. The normalized spacial score (nSPS) is 16.8. The van der Waals surface area contributed by atoms with Crippen LogP contribution in [0.2, 0.25) is 0 Å². The Kier molecular flexibility index (Phi) is 4.26. The van der Waals surface area contributed by atoms with Crippen molar-refractivity contribution in [2.45, 2.75) is 51.0 Å². The van der Waals surface area contributed by atoms with Gasteiger partial charge in [-0.2, -0.15) is 4.52 Å². The van der Waals surface area contributed by atoms with E-state index in [1.807, 2.05) is 28.8 Å². The van der Waals surface area contributed by atoms with Gasteiger partial charge in [-0.25, -0.2) is 0 Å². The molecule has 0 bridgehead atoms. The fourth-order valence-corrected chi connectivity index (χ4v) is 3.52. The highest BCUT2D eigenvalue weighted by Gasteiger charge is 2.18. The lowest BCUT2D eigenvalue weighted by Crippen LogP contribution is -2.23. The number of aromatic hydroxyl groups is 1. The Morgan fingerprint density at radius 2 is 1.80 bits per heavy atom. The molecule has 6 nitrogen and oxygen atoms in total. The lowest BCUT2D eigenvalue weighted by molar-refractivity contribution is 0.461. The van der Waals surface area contributed by atoms with Gasteiger partial charge in [-0.1, -0.05) is 38.3 Å². The van der Waals surface area contributed by atoms with Crippen molar-refractivity contribution >= 4 is 11.5 Å². The number of aromatic nitrogens is 4. The van der Waals surface area contributed by atoms with Crippen molar-refractivity contribution in [3.63, 3.8) is 0 Å². The standard InChI is InChI=1S/C19H23N5O/c1-13(14-7-9-16(25)10-8-14)19-22-21-18-12-11-17(23-24(18)19)20-15-5-3-2-4-6-15/h7-13,15,25H,2-6H2,1H3,(H,20,23)/t13-/m0/s1. The summed E-state index contributed by atoms with van der Waals surface area (Å²) in [5, 5.41) is 26.3. The molecule has 3 aromatic rings. The molecule has 0 saturated heterocycles. The number of fused-ring (bicyclic) bond motifs is 1. The molecule has 1 aliphatic carbocycles. The van der Waals surface area contributed by atoms with Crippen molar-refractivity contribution < 1.29 is 5.11 Å². The maximum absolute atomic E-state index is 9.48. The highest BCUT2D eigenvalue weighted by molar-refractivity contribution is 5.45. The van der Waals surface area contributed by atoms with Crippen molar-refractivity contribution in [1.29, 1.82) is 0 Å². The smallest absolute Gasteiger partial charge is 0.178 e. The monoisotopic (exact) mass is 337 g/mol. The van der Waals surface area contributed by atoms with Gasteiger partial charge in [0.25, 0.3) is 0 Å². The van der Waals surface area contributed by atoms with E-state index in [2.05, 4.69) is 22.4 Å². The predicted molar refractivity (Wildman–Crippen MR) is 96.9 cm³/mol. The molecule has 1 atom stereocenters. The Bertz CT molecular complexity index is 852. The maximum atomic E-state index is 9.48. The van der Waals surface area contributed by atoms with Crippen LogP contribution in [0.25, 0.3) is 5.65 Å². The number of nitrogens with zero attached hydrogens (tertiary/aromatic N) is 4. The van der Waals surface area contributed by atoms with E-state index < -0.39 is 0 Å². The van der Waals surface area contributed by atoms with Crippen molar-refractivity contribution in [3.05, 3.63) is 47.8 Å². The molecule has 0 spiro atoms. The zero-order valence-corrected chi connectivity index (χ0v) is 14.4. The molecule has 1 saturated carbocycles. The van der Waals surface area contributed by atoms with Crippen molar-refractivity contribution in [2.75, 3.05) is 5.32 Å². The molecule has 2 heterocycles.